The number of halogens is 2. The van der Waals surface area contributed by atoms with Crippen molar-refractivity contribution < 1.29 is 4.39 Å². The number of hydrogen-bond acceptors (Lipinski definition) is 4. The number of nitrogens with one attached hydrogen (secondary N) is 1. The van der Waals surface area contributed by atoms with Gasteiger partial charge in [0.05, 0.1) is 12.1 Å². The van der Waals surface area contributed by atoms with Gasteiger partial charge in [-0.3, -0.25) is 0 Å². The van der Waals surface area contributed by atoms with Gasteiger partial charge in [0.25, 0.3) is 0 Å². The third-order valence-electron chi connectivity index (χ3n) is 4.24. The lowest BCUT2D eigenvalue weighted by Crippen LogP contribution is -2.28. The van der Waals surface area contributed by atoms with Gasteiger partial charge in [0, 0.05) is 5.02 Å². The molecule has 0 unspecified atom stereocenters. The van der Waals surface area contributed by atoms with Gasteiger partial charge < -0.3 is 11.1 Å². The molecule has 0 fully saturated rings. The number of anilines is 2. The largest absolute Gasteiger partial charge is 0.366 e. The maximum atomic E-state index is 13.2. The third-order valence-corrected chi connectivity index (χ3v) is 4.59. The molecule has 1 aliphatic heterocycles. The van der Waals surface area contributed by atoms with Crippen molar-refractivity contribution in [2.24, 2.45) is 0 Å². The van der Waals surface area contributed by atoms with Crippen LogP contribution in [0.3, 0.4) is 0 Å². The third kappa shape index (κ3) is 2.59. The summed E-state index contributed by atoms with van der Waals surface area (Å²) in [6, 6.07) is 14.0. The molecule has 2 aromatic carbocycles. The molecule has 24 heavy (non-hydrogen) atoms. The van der Waals surface area contributed by atoms with Crippen molar-refractivity contribution in [1.29, 1.82) is 0 Å². The zero-order valence-electron chi connectivity index (χ0n) is 12.7. The van der Waals surface area contributed by atoms with Gasteiger partial charge in [-0.1, -0.05) is 41.9 Å². The van der Waals surface area contributed by atoms with Crippen molar-refractivity contribution in [1.82, 2.24) is 14.8 Å². The van der Waals surface area contributed by atoms with E-state index in [4.69, 9.17) is 17.3 Å². The van der Waals surface area contributed by atoms with Crippen LogP contribution in [0.25, 0.3) is 0 Å². The molecule has 122 valence electrons. The standard InChI is InChI=1S/C17H15ClFN5/c18-13-4-2-1-3-12(13)15-9-14(10-5-7-11(19)8-6-10)21-17-22-16(20)23-24(15)17/h1-8,14-15H,9H2,(H3,20,21,22,23)/t14-,15+/m0/s1. The summed E-state index contributed by atoms with van der Waals surface area (Å²) in [4.78, 5) is 4.25. The minimum atomic E-state index is -0.260. The number of nitrogen functional groups attached to an aromatic ring is 1. The van der Waals surface area contributed by atoms with Crippen molar-refractivity contribution in [3.05, 3.63) is 70.5 Å². The van der Waals surface area contributed by atoms with Gasteiger partial charge >= 0.3 is 0 Å². The number of rotatable bonds is 2. The van der Waals surface area contributed by atoms with E-state index in [0.717, 1.165) is 11.1 Å². The minimum absolute atomic E-state index is 0.0389. The Labute approximate surface area is 143 Å². The van der Waals surface area contributed by atoms with Crippen molar-refractivity contribution in [2.45, 2.75) is 18.5 Å². The molecule has 4 rings (SSSR count). The fourth-order valence-electron chi connectivity index (χ4n) is 3.11. The van der Waals surface area contributed by atoms with E-state index in [1.807, 2.05) is 24.3 Å². The first-order chi connectivity index (χ1) is 11.6. The molecule has 0 spiro atoms. The van der Waals surface area contributed by atoms with Crippen molar-refractivity contribution in [3.8, 4) is 0 Å². The van der Waals surface area contributed by atoms with Crippen LogP contribution in [-0.4, -0.2) is 14.8 Å². The number of nitrogens with two attached hydrogens (primary N) is 1. The van der Waals surface area contributed by atoms with Gasteiger partial charge in [-0.2, -0.15) is 4.98 Å². The first kappa shape index (κ1) is 15.0. The van der Waals surface area contributed by atoms with Crippen LogP contribution in [0.1, 0.15) is 29.6 Å². The van der Waals surface area contributed by atoms with Gasteiger partial charge in [0.2, 0.25) is 11.9 Å². The second kappa shape index (κ2) is 5.79. The molecule has 5 nitrogen and oxygen atoms in total. The molecule has 1 aliphatic rings. The summed E-state index contributed by atoms with van der Waals surface area (Å²) in [5.41, 5.74) is 7.71. The summed E-state index contributed by atoms with van der Waals surface area (Å²) >= 11 is 6.38. The first-order valence-electron chi connectivity index (χ1n) is 7.60. The Kier molecular flexibility index (Phi) is 3.61. The Morgan fingerprint density at radius 2 is 1.92 bits per heavy atom. The number of nitrogens with zero attached hydrogens (tertiary/aromatic N) is 3. The van der Waals surface area contributed by atoms with E-state index in [1.165, 1.54) is 12.1 Å². The lowest BCUT2D eigenvalue weighted by molar-refractivity contribution is 0.431. The summed E-state index contributed by atoms with van der Waals surface area (Å²) < 4.78 is 15.0. The quantitative estimate of drug-likeness (QED) is 0.742. The molecule has 0 saturated heterocycles. The van der Waals surface area contributed by atoms with Crippen molar-refractivity contribution in [2.75, 3.05) is 11.1 Å². The molecule has 0 bridgehead atoms. The van der Waals surface area contributed by atoms with E-state index in [-0.39, 0.29) is 23.8 Å². The zero-order chi connectivity index (χ0) is 16.7. The monoisotopic (exact) mass is 343 g/mol. The number of benzene rings is 2. The predicted molar refractivity (Wildman–Crippen MR) is 91.4 cm³/mol. The SMILES string of the molecule is Nc1nc2n(n1)[C@@H](c1ccccc1Cl)C[C@@H](c1ccc(F)cc1)N2. The summed E-state index contributed by atoms with van der Waals surface area (Å²) in [7, 11) is 0. The Balaban J connectivity index is 1.78. The summed E-state index contributed by atoms with van der Waals surface area (Å²) in [5.74, 6) is 0.525. The molecule has 3 aromatic rings. The minimum Gasteiger partial charge on any atom is -0.366 e. The first-order valence-corrected chi connectivity index (χ1v) is 7.98. The molecule has 0 radical (unpaired) electrons. The van der Waals surface area contributed by atoms with Crippen LogP contribution in [-0.2, 0) is 0 Å². The highest BCUT2D eigenvalue weighted by atomic mass is 35.5. The zero-order valence-corrected chi connectivity index (χ0v) is 13.4. The normalized spacial score (nSPS) is 19.6. The second-order valence-electron chi connectivity index (χ2n) is 5.76. The van der Waals surface area contributed by atoms with Crippen molar-refractivity contribution >= 4 is 23.5 Å². The van der Waals surface area contributed by atoms with Crippen LogP contribution >= 0.6 is 11.6 Å². The van der Waals surface area contributed by atoms with Gasteiger partial charge in [-0.25, -0.2) is 9.07 Å². The summed E-state index contributed by atoms with van der Waals surface area (Å²) in [6.07, 6.45) is 0.700. The van der Waals surface area contributed by atoms with Crippen molar-refractivity contribution in [3.63, 3.8) is 0 Å². The highest BCUT2D eigenvalue weighted by Gasteiger charge is 2.31. The number of fused-ring (bicyclic) bond motifs is 1. The van der Waals surface area contributed by atoms with Crippen LogP contribution in [0.4, 0.5) is 16.3 Å². The topological polar surface area (TPSA) is 68.8 Å². The predicted octanol–water partition coefficient (Wildman–Crippen LogP) is 3.80. The maximum absolute atomic E-state index is 13.2. The Morgan fingerprint density at radius 3 is 2.67 bits per heavy atom. The van der Waals surface area contributed by atoms with Gasteiger partial charge in [0.15, 0.2) is 0 Å². The van der Waals surface area contributed by atoms with Crippen LogP contribution in [0, 0.1) is 5.82 Å². The van der Waals surface area contributed by atoms with Gasteiger partial charge in [-0.15, -0.1) is 5.10 Å². The highest BCUT2D eigenvalue weighted by Crippen LogP contribution is 2.39. The van der Waals surface area contributed by atoms with E-state index >= 15 is 0 Å². The molecule has 3 N–H and O–H groups in total. The molecule has 0 amide bonds. The van der Waals surface area contributed by atoms with E-state index in [2.05, 4.69) is 15.4 Å². The maximum Gasteiger partial charge on any atom is 0.241 e. The highest BCUT2D eigenvalue weighted by molar-refractivity contribution is 6.31. The second-order valence-corrected chi connectivity index (χ2v) is 6.17. The molecular formula is C17H15ClFN5. The van der Waals surface area contributed by atoms with Gasteiger partial charge in [-0.05, 0) is 35.7 Å². The van der Waals surface area contributed by atoms with E-state index in [0.29, 0.717) is 17.4 Å². The van der Waals surface area contributed by atoms with Crippen LogP contribution < -0.4 is 11.1 Å². The summed E-state index contributed by atoms with van der Waals surface area (Å²) in [6.45, 7) is 0. The van der Waals surface area contributed by atoms with E-state index in [1.54, 1.807) is 16.8 Å². The average Bonchev–Trinajstić information content (AvgIpc) is 2.95. The van der Waals surface area contributed by atoms with Crippen LogP contribution in [0.5, 0.6) is 0 Å². The molecule has 0 aliphatic carbocycles. The van der Waals surface area contributed by atoms with E-state index in [9.17, 15) is 4.39 Å². The number of hydrogen-bond donors (Lipinski definition) is 2. The number of aromatic nitrogens is 3. The smallest absolute Gasteiger partial charge is 0.241 e. The lowest BCUT2D eigenvalue weighted by Gasteiger charge is -2.32. The average molecular weight is 344 g/mol. The van der Waals surface area contributed by atoms with E-state index < -0.39 is 0 Å². The fraction of sp³-hybridized carbons (Fsp3) is 0.176. The molecule has 7 heteroatoms. The lowest BCUT2D eigenvalue weighted by atomic mass is 9.93. The molecule has 2 heterocycles. The molecular weight excluding hydrogens is 329 g/mol. The molecule has 1 aromatic heterocycles. The van der Waals surface area contributed by atoms with Crippen LogP contribution in [0.15, 0.2) is 48.5 Å². The Bertz CT molecular complexity index is 877. The van der Waals surface area contributed by atoms with Gasteiger partial charge in [0.1, 0.15) is 5.82 Å². The molecule has 0 saturated carbocycles. The Morgan fingerprint density at radius 1 is 1.17 bits per heavy atom. The Hall–Kier alpha value is -2.60. The molecule has 2 atom stereocenters. The summed E-state index contributed by atoms with van der Waals surface area (Å²) in [5, 5.41) is 8.28. The fourth-order valence-corrected chi connectivity index (χ4v) is 3.37. The van der Waals surface area contributed by atoms with Crippen LogP contribution in [0.2, 0.25) is 5.02 Å².